The Labute approximate surface area is 130 Å². The Bertz CT molecular complexity index is 872. The van der Waals surface area contributed by atoms with Crippen LogP contribution in [-0.2, 0) is 0 Å². The molecule has 22 heavy (non-hydrogen) atoms. The third kappa shape index (κ3) is 3.12. The molecule has 0 saturated carbocycles. The quantitative estimate of drug-likeness (QED) is 0.594. The molecule has 0 radical (unpaired) electrons. The minimum atomic E-state index is -0.0345. The first-order chi connectivity index (χ1) is 10.8. The Morgan fingerprint density at radius 3 is 2.73 bits per heavy atom. The molecule has 1 aromatic heterocycles. The summed E-state index contributed by atoms with van der Waals surface area (Å²) < 4.78 is 5.06. The fraction of sp³-hybridized carbons (Fsp3) is 0.0625. The van der Waals surface area contributed by atoms with E-state index in [4.69, 9.17) is 4.74 Å². The predicted octanol–water partition coefficient (Wildman–Crippen LogP) is 3.11. The molecule has 110 valence electrons. The Morgan fingerprint density at radius 2 is 1.95 bits per heavy atom. The van der Waals surface area contributed by atoms with Crippen molar-refractivity contribution in [3.05, 3.63) is 63.6 Å². The van der Waals surface area contributed by atoms with Crippen molar-refractivity contribution in [2.45, 2.75) is 0 Å². The number of methoxy groups -OCH3 is 1. The SMILES string of the molecule is COc1ccc(/C=N/Nc2nc3ccccc3c(=O)s2)cc1. The Kier molecular flexibility index (Phi) is 4.11. The highest BCUT2D eigenvalue weighted by atomic mass is 32.1. The van der Waals surface area contributed by atoms with E-state index in [0.717, 1.165) is 22.6 Å². The molecule has 0 aliphatic carbocycles. The Morgan fingerprint density at radius 1 is 1.18 bits per heavy atom. The highest BCUT2D eigenvalue weighted by molar-refractivity contribution is 7.13. The molecule has 3 aromatic rings. The topological polar surface area (TPSA) is 63.6 Å². The number of ether oxygens (including phenoxy) is 1. The van der Waals surface area contributed by atoms with Gasteiger partial charge in [-0.25, -0.2) is 4.98 Å². The van der Waals surface area contributed by atoms with Crippen molar-refractivity contribution in [1.29, 1.82) is 0 Å². The molecule has 2 aromatic carbocycles. The van der Waals surface area contributed by atoms with Gasteiger partial charge in [-0.15, -0.1) is 0 Å². The van der Waals surface area contributed by atoms with E-state index in [1.165, 1.54) is 0 Å². The molecule has 0 fully saturated rings. The molecule has 3 rings (SSSR count). The largest absolute Gasteiger partial charge is 0.497 e. The fourth-order valence-corrected chi connectivity index (χ4v) is 2.62. The Balaban J connectivity index is 1.78. The molecule has 1 N–H and O–H groups in total. The van der Waals surface area contributed by atoms with Gasteiger partial charge in [-0.1, -0.05) is 23.5 Å². The van der Waals surface area contributed by atoms with E-state index in [1.54, 1.807) is 19.4 Å². The number of hydrazone groups is 1. The molecule has 0 spiro atoms. The molecule has 0 aliphatic rings. The second-order valence-corrected chi connectivity index (χ2v) is 5.43. The molecule has 0 amide bonds. The highest BCUT2D eigenvalue weighted by Crippen LogP contribution is 2.14. The molecule has 0 unspecified atom stereocenters. The smallest absolute Gasteiger partial charge is 0.245 e. The summed E-state index contributed by atoms with van der Waals surface area (Å²) in [4.78, 5) is 16.3. The number of para-hydroxylation sites is 1. The number of hydrogen-bond acceptors (Lipinski definition) is 6. The highest BCUT2D eigenvalue weighted by Gasteiger charge is 2.02. The second-order valence-electron chi connectivity index (χ2n) is 4.47. The maximum Gasteiger partial charge on any atom is 0.245 e. The standard InChI is InChI=1S/C16H13N3O2S/c1-21-12-8-6-11(7-9-12)10-17-19-16-18-14-5-3-2-4-13(14)15(20)22-16/h2-10H,1H3,(H,18,19)/b17-10+. The average molecular weight is 311 g/mol. The van der Waals surface area contributed by atoms with Crippen LogP contribution in [0.1, 0.15) is 5.56 Å². The minimum Gasteiger partial charge on any atom is -0.497 e. The van der Waals surface area contributed by atoms with Gasteiger partial charge in [-0.2, -0.15) is 5.10 Å². The number of fused-ring (bicyclic) bond motifs is 1. The molecule has 0 atom stereocenters. The third-order valence-corrected chi connectivity index (χ3v) is 3.81. The lowest BCUT2D eigenvalue weighted by molar-refractivity contribution is 0.415. The van der Waals surface area contributed by atoms with Gasteiger partial charge in [-0.3, -0.25) is 10.2 Å². The van der Waals surface area contributed by atoms with Crippen LogP contribution in [0, 0.1) is 0 Å². The fourth-order valence-electron chi connectivity index (χ4n) is 1.92. The molecule has 5 nitrogen and oxygen atoms in total. The van der Waals surface area contributed by atoms with Crippen LogP contribution in [-0.4, -0.2) is 18.3 Å². The summed E-state index contributed by atoms with van der Waals surface area (Å²) in [5.74, 6) is 0.791. The summed E-state index contributed by atoms with van der Waals surface area (Å²) in [6.07, 6.45) is 1.66. The van der Waals surface area contributed by atoms with Crippen LogP contribution in [0.25, 0.3) is 10.9 Å². The third-order valence-electron chi connectivity index (χ3n) is 3.02. The number of benzene rings is 2. The van der Waals surface area contributed by atoms with E-state index in [1.807, 2.05) is 42.5 Å². The van der Waals surface area contributed by atoms with Crippen LogP contribution in [0.4, 0.5) is 5.13 Å². The van der Waals surface area contributed by atoms with E-state index >= 15 is 0 Å². The zero-order valence-corrected chi connectivity index (χ0v) is 12.6. The van der Waals surface area contributed by atoms with Gasteiger partial charge in [0.15, 0.2) is 0 Å². The van der Waals surface area contributed by atoms with E-state index < -0.39 is 0 Å². The van der Waals surface area contributed by atoms with E-state index in [0.29, 0.717) is 16.0 Å². The van der Waals surface area contributed by atoms with Crippen LogP contribution in [0.5, 0.6) is 5.75 Å². The van der Waals surface area contributed by atoms with Crippen molar-refractivity contribution in [3.63, 3.8) is 0 Å². The van der Waals surface area contributed by atoms with Gasteiger partial charge >= 0.3 is 0 Å². The van der Waals surface area contributed by atoms with Gasteiger partial charge in [0.2, 0.25) is 9.87 Å². The summed E-state index contributed by atoms with van der Waals surface area (Å²) in [5.41, 5.74) is 4.38. The molecule has 1 heterocycles. The van der Waals surface area contributed by atoms with Crippen molar-refractivity contribution in [2.75, 3.05) is 12.5 Å². The molecule has 0 bridgehead atoms. The van der Waals surface area contributed by atoms with Gasteiger partial charge in [0, 0.05) is 0 Å². The van der Waals surface area contributed by atoms with Crippen molar-refractivity contribution >= 4 is 33.6 Å². The predicted molar refractivity (Wildman–Crippen MR) is 90.1 cm³/mol. The van der Waals surface area contributed by atoms with Crippen LogP contribution >= 0.6 is 11.3 Å². The Hall–Kier alpha value is -2.73. The van der Waals surface area contributed by atoms with Gasteiger partial charge in [-0.05, 0) is 42.0 Å². The second kappa shape index (κ2) is 6.36. The van der Waals surface area contributed by atoms with Crippen LogP contribution in [0.3, 0.4) is 0 Å². The van der Waals surface area contributed by atoms with Crippen LogP contribution in [0.2, 0.25) is 0 Å². The van der Waals surface area contributed by atoms with E-state index in [2.05, 4.69) is 15.5 Å². The molecule has 6 heteroatoms. The van der Waals surface area contributed by atoms with Crippen molar-refractivity contribution in [3.8, 4) is 5.75 Å². The van der Waals surface area contributed by atoms with Crippen molar-refractivity contribution in [1.82, 2.24) is 4.98 Å². The lowest BCUT2D eigenvalue weighted by Gasteiger charge is -2.01. The van der Waals surface area contributed by atoms with Crippen molar-refractivity contribution in [2.24, 2.45) is 5.10 Å². The lowest BCUT2D eigenvalue weighted by Crippen LogP contribution is -2.00. The maximum atomic E-state index is 12.0. The first-order valence-corrected chi connectivity index (χ1v) is 7.41. The molecule has 0 aliphatic heterocycles. The number of aromatic nitrogens is 1. The van der Waals surface area contributed by atoms with Crippen LogP contribution in [0.15, 0.2) is 58.4 Å². The summed E-state index contributed by atoms with van der Waals surface area (Å²) in [7, 11) is 1.62. The zero-order chi connectivity index (χ0) is 15.4. The van der Waals surface area contributed by atoms with Crippen LogP contribution < -0.4 is 14.9 Å². The summed E-state index contributed by atoms with van der Waals surface area (Å²) >= 11 is 1.04. The first-order valence-electron chi connectivity index (χ1n) is 6.59. The average Bonchev–Trinajstić information content (AvgIpc) is 2.56. The van der Waals surface area contributed by atoms with Crippen molar-refractivity contribution < 1.29 is 4.74 Å². The number of anilines is 1. The number of rotatable bonds is 4. The lowest BCUT2D eigenvalue weighted by atomic mass is 10.2. The van der Waals surface area contributed by atoms with Gasteiger partial charge < -0.3 is 4.74 Å². The van der Waals surface area contributed by atoms with Gasteiger partial charge in [0.1, 0.15) is 5.75 Å². The first kappa shape index (κ1) is 14.2. The van der Waals surface area contributed by atoms with E-state index in [-0.39, 0.29) is 4.74 Å². The van der Waals surface area contributed by atoms with Gasteiger partial charge in [0.25, 0.3) is 0 Å². The normalized spacial score (nSPS) is 11.0. The monoisotopic (exact) mass is 311 g/mol. The summed E-state index contributed by atoms with van der Waals surface area (Å²) in [5, 5.41) is 5.20. The molecular formula is C16H13N3O2S. The van der Waals surface area contributed by atoms with Gasteiger partial charge in [0.05, 0.1) is 24.2 Å². The summed E-state index contributed by atoms with van der Waals surface area (Å²) in [6, 6.07) is 14.7. The van der Waals surface area contributed by atoms with E-state index in [9.17, 15) is 4.79 Å². The number of nitrogens with zero attached hydrogens (tertiary/aromatic N) is 2. The number of hydrogen-bond donors (Lipinski definition) is 1. The maximum absolute atomic E-state index is 12.0. The number of nitrogens with one attached hydrogen (secondary N) is 1. The minimum absolute atomic E-state index is 0.0345. The molecular weight excluding hydrogens is 298 g/mol. The zero-order valence-electron chi connectivity index (χ0n) is 11.8. The summed E-state index contributed by atoms with van der Waals surface area (Å²) in [6.45, 7) is 0. The molecule has 0 saturated heterocycles.